The molecule has 0 bridgehead atoms. The van der Waals surface area contributed by atoms with Crippen molar-refractivity contribution in [3.8, 4) is 5.75 Å². The predicted molar refractivity (Wildman–Crippen MR) is 79.3 cm³/mol. The Morgan fingerprint density at radius 2 is 2.20 bits per heavy atom. The van der Waals surface area contributed by atoms with E-state index in [1.807, 2.05) is 25.1 Å². The predicted octanol–water partition coefficient (Wildman–Crippen LogP) is 2.53. The Morgan fingerprint density at radius 3 is 2.85 bits per heavy atom. The third kappa shape index (κ3) is 3.59. The molecule has 1 aromatic heterocycles. The van der Waals surface area contributed by atoms with Gasteiger partial charge in [-0.15, -0.1) is 11.3 Å². The van der Waals surface area contributed by atoms with Gasteiger partial charge in [-0.05, 0) is 36.8 Å². The van der Waals surface area contributed by atoms with Crippen molar-refractivity contribution in [2.75, 3.05) is 13.7 Å². The molecule has 1 unspecified atom stereocenters. The number of nitrogens with one attached hydrogen (secondary N) is 1. The summed E-state index contributed by atoms with van der Waals surface area (Å²) >= 11 is 1.44. The quantitative estimate of drug-likeness (QED) is 0.890. The smallest absolute Gasteiger partial charge is 0.261 e. The van der Waals surface area contributed by atoms with E-state index in [0.29, 0.717) is 16.2 Å². The van der Waals surface area contributed by atoms with E-state index < -0.39 is 6.10 Å². The van der Waals surface area contributed by atoms with Crippen LogP contribution < -0.4 is 10.1 Å². The molecule has 0 spiro atoms. The summed E-state index contributed by atoms with van der Waals surface area (Å²) in [5.41, 5.74) is 0.715. The van der Waals surface area contributed by atoms with Crippen molar-refractivity contribution in [3.05, 3.63) is 51.7 Å². The Balaban J connectivity index is 1.94. The Morgan fingerprint density at radius 1 is 1.40 bits per heavy atom. The van der Waals surface area contributed by atoms with Gasteiger partial charge in [-0.1, -0.05) is 12.1 Å². The van der Waals surface area contributed by atoms with E-state index >= 15 is 0 Å². The Kier molecular flexibility index (Phi) is 4.76. The fourth-order valence-corrected chi connectivity index (χ4v) is 2.58. The van der Waals surface area contributed by atoms with Crippen molar-refractivity contribution in [2.45, 2.75) is 13.0 Å². The van der Waals surface area contributed by atoms with Gasteiger partial charge < -0.3 is 15.2 Å². The van der Waals surface area contributed by atoms with Gasteiger partial charge in [0.2, 0.25) is 0 Å². The molecule has 1 amide bonds. The minimum atomic E-state index is -0.755. The number of carbonyl (C=O) groups excluding carboxylic acids is 1. The second kappa shape index (κ2) is 6.54. The van der Waals surface area contributed by atoms with Gasteiger partial charge in [0.05, 0.1) is 18.1 Å². The maximum atomic E-state index is 11.9. The summed E-state index contributed by atoms with van der Waals surface area (Å²) in [6, 6.07) is 10.9. The molecule has 2 aromatic rings. The number of carbonyl (C=O) groups is 1. The first kappa shape index (κ1) is 14.6. The molecule has 0 aliphatic rings. The summed E-state index contributed by atoms with van der Waals surface area (Å²) in [5.74, 6) is 0.520. The van der Waals surface area contributed by atoms with Gasteiger partial charge in [-0.2, -0.15) is 0 Å². The number of ether oxygens (including phenoxy) is 1. The van der Waals surface area contributed by atoms with E-state index in [4.69, 9.17) is 4.74 Å². The lowest BCUT2D eigenvalue weighted by molar-refractivity contribution is 0.0920. The van der Waals surface area contributed by atoms with E-state index in [1.165, 1.54) is 11.3 Å². The third-order valence-corrected chi connectivity index (χ3v) is 3.90. The van der Waals surface area contributed by atoms with Crippen molar-refractivity contribution >= 4 is 17.2 Å². The summed E-state index contributed by atoms with van der Waals surface area (Å²) in [6.45, 7) is 2.12. The average molecular weight is 291 g/mol. The van der Waals surface area contributed by atoms with Crippen LogP contribution in [0.1, 0.15) is 26.2 Å². The van der Waals surface area contributed by atoms with Gasteiger partial charge in [0.15, 0.2) is 0 Å². The topological polar surface area (TPSA) is 58.6 Å². The van der Waals surface area contributed by atoms with Crippen LogP contribution >= 0.6 is 11.3 Å². The molecule has 0 fully saturated rings. The Hall–Kier alpha value is -1.85. The highest BCUT2D eigenvalue weighted by molar-refractivity contribution is 7.13. The van der Waals surface area contributed by atoms with E-state index in [2.05, 4.69) is 5.32 Å². The number of aliphatic hydroxyl groups is 1. The zero-order chi connectivity index (χ0) is 14.5. The van der Waals surface area contributed by atoms with Gasteiger partial charge in [-0.3, -0.25) is 4.79 Å². The monoisotopic (exact) mass is 291 g/mol. The second-order valence-electron chi connectivity index (χ2n) is 4.41. The fourth-order valence-electron chi connectivity index (χ4n) is 1.80. The molecular weight excluding hydrogens is 274 g/mol. The highest BCUT2D eigenvalue weighted by Gasteiger charge is 2.12. The van der Waals surface area contributed by atoms with Crippen LogP contribution in [0, 0.1) is 6.92 Å². The normalized spacial score (nSPS) is 11.9. The Bertz CT molecular complexity index is 594. The number of amides is 1. The molecule has 0 radical (unpaired) electrons. The van der Waals surface area contributed by atoms with E-state index in [1.54, 1.807) is 25.3 Å². The minimum Gasteiger partial charge on any atom is -0.497 e. The van der Waals surface area contributed by atoms with E-state index in [9.17, 15) is 9.90 Å². The fraction of sp³-hybridized carbons (Fsp3) is 0.267. The van der Waals surface area contributed by atoms with Crippen LogP contribution in [-0.4, -0.2) is 24.7 Å². The summed E-state index contributed by atoms with van der Waals surface area (Å²) in [5, 5.41) is 12.8. The highest BCUT2D eigenvalue weighted by Crippen LogP contribution is 2.19. The molecule has 1 atom stereocenters. The number of aliphatic hydroxyl groups excluding tert-OH is 1. The van der Waals surface area contributed by atoms with E-state index in [-0.39, 0.29) is 12.5 Å². The van der Waals surface area contributed by atoms with Crippen LogP contribution in [0.2, 0.25) is 0 Å². The zero-order valence-electron chi connectivity index (χ0n) is 11.4. The van der Waals surface area contributed by atoms with Gasteiger partial charge in [0.25, 0.3) is 5.91 Å². The van der Waals surface area contributed by atoms with Crippen molar-refractivity contribution in [3.63, 3.8) is 0 Å². The van der Waals surface area contributed by atoms with E-state index in [0.717, 1.165) is 4.88 Å². The summed E-state index contributed by atoms with van der Waals surface area (Å²) in [4.78, 5) is 13.6. The maximum absolute atomic E-state index is 11.9. The number of benzene rings is 1. The molecule has 0 saturated heterocycles. The lowest BCUT2D eigenvalue weighted by atomic mass is 10.1. The third-order valence-electron chi connectivity index (χ3n) is 2.90. The number of methoxy groups -OCH3 is 1. The summed E-state index contributed by atoms with van der Waals surface area (Å²) in [6.07, 6.45) is -0.755. The number of thiophene rings is 1. The van der Waals surface area contributed by atoms with Gasteiger partial charge in [0.1, 0.15) is 5.75 Å². The standard InChI is InChI=1S/C15H17NO3S/c1-10-6-7-14(20-10)15(18)16-9-13(17)11-4-3-5-12(8-11)19-2/h3-8,13,17H,9H2,1-2H3,(H,16,18). The number of hydrogen-bond donors (Lipinski definition) is 2. The van der Waals surface area contributed by atoms with Crippen LogP contribution in [0.5, 0.6) is 5.75 Å². The molecule has 1 aromatic carbocycles. The first-order valence-corrected chi connectivity index (χ1v) is 7.08. The first-order valence-electron chi connectivity index (χ1n) is 6.27. The molecule has 20 heavy (non-hydrogen) atoms. The number of aryl methyl sites for hydroxylation is 1. The number of rotatable bonds is 5. The summed E-state index contributed by atoms with van der Waals surface area (Å²) < 4.78 is 5.11. The van der Waals surface area contributed by atoms with Crippen molar-refractivity contribution < 1.29 is 14.6 Å². The SMILES string of the molecule is COc1cccc(C(O)CNC(=O)c2ccc(C)s2)c1. The minimum absolute atomic E-state index is 0.162. The average Bonchev–Trinajstić information content (AvgIpc) is 2.91. The second-order valence-corrected chi connectivity index (χ2v) is 5.70. The molecule has 1 heterocycles. The first-order chi connectivity index (χ1) is 9.60. The number of hydrogen-bond acceptors (Lipinski definition) is 4. The Labute approximate surface area is 122 Å². The molecule has 2 N–H and O–H groups in total. The molecule has 2 rings (SSSR count). The molecular formula is C15H17NO3S. The van der Waals surface area contributed by atoms with Crippen molar-refractivity contribution in [1.29, 1.82) is 0 Å². The van der Waals surface area contributed by atoms with Crippen LogP contribution in [0.25, 0.3) is 0 Å². The van der Waals surface area contributed by atoms with Gasteiger partial charge in [-0.25, -0.2) is 0 Å². The van der Waals surface area contributed by atoms with Crippen LogP contribution in [0.3, 0.4) is 0 Å². The molecule has 5 heteroatoms. The van der Waals surface area contributed by atoms with Gasteiger partial charge in [0, 0.05) is 11.4 Å². The lowest BCUT2D eigenvalue weighted by Gasteiger charge is -2.12. The largest absolute Gasteiger partial charge is 0.497 e. The highest BCUT2D eigenvalue weighted by atomic mass is 32.1. The summed E-state index contributed by atoms with van der Waals surface area (Å²) in [7, 11) is 1.58. The molecule has 0 aliphatic carbocycles. The van der Waals surface area contributed by atoms with Gasteiger partial charge >= 0.3 is 0 Å². The van der Waals surface area contributed by atoms with Crippen LogP contribution in [-0.2, 0) is 0 Å². The molecule has 106 valence electrons. The lowest BCUT2D eigenvalue weighted by Crippen LogP contribution is -2.27. The van der Waals surface area contributed by atoms with Crippen molar-refractivity contribution in [2.24, 2.45) is 0 Å². The molecule has 0 saturated carbocycles. The molecule has 4 nitrogen and oxygen atoms in total. The zero-order valence-corrected chi connectivity index (χ0v) is 12.2. The van der Waals surface area contributed by atoms with Crippen molar-refractivity contribution in [1.82, 2.24) is 5.32 Å². The van der Waals surface area contributed by atoms with Crippen LogP contribution in [0.4, 0.5) is 0 Å². The maximum Gasteiger partial charge on any atom is 0.261 e. The molecule has 0 aliphatic heterocycles. The van der Waals surface area contributed by atoms with Crippen LogP contribution in [0.15, 0.2) is 36.4 Å².